The van der Waals surface area contributed by atoms with Gasteiger partial charge in [-0.15, -0.1) is 0 Å². The first kappa shape index (κ1) is 25.2. The summed E-state index contributed by atoms with van der Waals surface area (Å²) in [6.45, 7) is 3.21. The summed E-state index contributed by atoms with van der Waals surface area (Å²) in [6, 6.07) is 3.07. The van der Waals surface area contributed by atoms with Gasteiger partial charge in [0.05, 0.1) is 5.56 Å². The fourth-order valence-electron chi connectivity index (χ4n) is 5.76. The first-order valence-corrected chi connectivity index (χ1v) is 11.5. The van der Waals surface area contributed by atoms with Gasteiger partial charge >= 0.3 is 11.9 Å². The molecule has 10 nitrogen and oxygen atoms in total. The van der Waals surface area contributed by atoms with E-state index < -0.39 is 63.8 Å². The molecule has 3 aliphatic carbocycles. The van der Waals surface area contributed by atoms with Crippen molar-refractivity contribution in [2.75, 3.05) is 19.0 Å². The quantitative estimate of drug-likeness (QED) is 0.469. The van der Waals surface area contributed by atoms with E-state index in [0.717, 1.165) is 20.8 Å². The molecule has 2 N–H and O–H groups in total. The number of hydrogen-bond donors (Lipinski definition) is 2. The summed E-state index contributed by atoms with van der Waals surface area (Å²) < 4.78 is 11.1. The molecular formula is C26H27NO9. The Kier molecular flexibility index (Phi) is 6.02. The first-order valence-electron chi connectivity index (χ1n) is 11.5. The van der Waals surface area contributed by atoms with Crippen molar-refractivity contribution in [3.05, 3.63) is 45.9 Å². The largest absolute Gasteiger partial charge is 0.511 e. The van der Waals surface area contributed by atoms with Gasteiger partial charge in [0.1, 0.15) is 17.1 Å². The highest BCUT2D eigenvalue weighted by Gasteiger charge is 2.64. The number of nitrogens with zero attached hydrogens (tertiary/aromatic N) is 1. The Labute approximate surface area is 207 Å². The zero-order valence-corrected chi connectivity index (χ0v) is 20.6. The SMILES string of the molecule is CC(=O)OC1=C2C(=O)c3c(O)ccc(N(C)C)c3C[C@H]2C[C@H]2CC(O)=C(C(C)=O)C(=O)[C@@]12OC(C)=O. The van der Waals surface area contributed by atoms with E-state index in [1.54, 1.807) is 25.1 Å². The lowest BCUT2D eigenvalue weighted by Gasteiger charge is -2.48. The zero-order chi connectivity index (χ0) is 26.7. The van der Waals surface area contributed by atoms with E-state index in [4.69, 9.17) is 9.47 Å². The van der Waals surface area contributed by atoms with Crippen LogP contribution in [0.2, 0.25) is 0 Å². The molecule has 0 amide bonds. The van der Waals surface area contributed by atoms with Crippen LogP contribution in [0.5, 0.6) is 5.75 Å². The van der Waals surface area contributed by atoms with Crippen LogP contribution in [0.1, 0.15) is 49.5 Å². The molecule has 0 saturated carbocycles. The molecule has 0 aliphatic heterocycles. The molecule has 3 atom stereocenters. The smallest absolute Gasteiger partial charge is 0.307 e. The van der Waals surface area contributed by atoms with Crippen molar-refractivity contribution in [3.8, 4) is 5.75 Å². The number of carbonyl (C=O) groups is 5. The maximum Gasteiger partial charge on any atom is 0.307 e. The Morgan fingerprint density at radius 3 is 2.25 bits per heavy atom. The summed E-state index contributed by atoms with van der Waals surface area (Å²) >= 11 is 0. The van der Waals surface area contributed by atoms with Crippen LogP contribution in [0.3, 0.4) is 0 Å². The molecule has 190 valence electrons. The zero-order valence-electron chi connectivity index (χ0n) is 20.6. The minimum absolute atomic E-state index is 0.00182. The third-order valence-electron chi connectivity index (χ3n) is 7.00. The number of anilines is 1. The highest BCUT2D eigenvalue weighted by Crippen LogP contribution is 2.54. The van der Waals surface area contributed by atoms with E-state index in [0.29, 0.717) is 11.3 Å². The maximum atomic E-state index is 13.9. The van der Waals surface area contributed by atoms with Crippen LogP contribution >= 0.6 is 0 Å². The lowest BCUT2D eigenvalue weighted by atomic mass is 9.59. The number of aliphatic hydroxyl groups is 1. The monoisotopic (exact) mass is 497 g/mol. The van der Waals surface area contributed by atoms with Crippen molar-refractivity contribution in [2.45, 2.75) is 45.6 Å². The summed E-state index contributed by atoms with van der Waals surface area (Å²) in [4.78, 5) is 66.3. The van der Waals surface area contributed by atoms with E-state index in [1.807, 2.05) is 0 Å². The van der Waals surface area contributed by atoms with Crippen molar-refractivity contribution >= 4 is 35.0 Å². The molecule has 1 aromatic rings. The Balaban J connectivity index is 2.07. The number of carbonyl (C=O) groups excluding carboxylic acids is 5. The van der Waals surface area contributed by atoms with Gasteiger partial charge in [0.15, 0.2) is 17.3 Å². The van der Waals surface area contributed by atoms with Gasteiger partial charge in [-0.3, -0.25) is 24.0 Å². The van der Waals surface area contributed by atoms with Crippen LogP contribution in [0.25, 0.3) is 0 Å². The van der Waals surface area contributed by atoms with Crippen molar-refractivity contribution in [1.29, 1.82) is 0 Å². The van der Waals surface area contributed by atoms with Gasteiger partial charge < -0.3 is 24.6 Å². The minimum Gasteiger partial charge on any atom is -0.511 e. The third kappa shape index (κ3) is 3.59. The Morgan fingerprint density at radius 2 is 1.69 bits per heavy atom. The molecule has 4 rings (SSSR count). The lowest BCUT2D eigenvalue weighted by molar-refractivity contribution is -0.177. The molecule has 0 spiro atoms. The average molecular weight is 498 g/mol. The van der Waals surface area contributed by atoms with Gasteiger partial charge in [-0.1, -0.05) is 0 Å². The van der Waals surface area contributed by atoms with Crippen molar-refractivity contribution in [1.82, 2.24) is 0 Å². The van der Waals surface area contributed by atoms with Gasteiger partial charge in [0.2, 0.25) is 11.4 Å². The molecule has 1 aromatic carbocycles. The van der Waals surface area contributed by atoms with E-state index in [-0.39, 0.29) is 36.1 Å². The third-order valence-corrected chi connectivity index (χ3v) is 7.00. The fourth-order valence-corrected chi connectivity index (χ4v) is 5.76. The number of phenols is 1. The molecule has 0 radical (unpaired) electrons. The number of phenolic OH excluding ortho intramolecular Hbond substituents is 1. The molecule has 0 bridgehead atoms. The summed E-state index contributed by atoms with van der Waals surface area (Å²) in [5.74, 6) is -6.92. The predicted octanol–water partition coefficient (Wildman–Crippen LogP) is 2.33. The Bertz CT molecular complexity index is 1300. The maximum absolute atomic E-state index is 13.9. The number of aliphatic hydroxyl groups excluding tert-OH is 1. The fraction of sp³-hybridized carbons (Fsp3) is 0.423. The van der Waals surface area contributed by atoms with E-state index in [9.17, 15) is 34.2 Å². The summed E-state index contributed by atoms with van der Waals surface area (Å²) in [5, 5.41) is 21.2. The van der Waals surface area contributed by atoms with Gasteiger partial charge in [0.25, 0.3) is 0 Å². The summed E-state index contributed by atoms with van der Waals surface area (Å²) in [6.07, 6.45) is 0.167. The molecule has 0 unspecified atom stereocenters. The second-order valence-electron chi connectivity index (χ2n) is 9.59. The number of ketones is 3. The highest BCUT2D eigenvalue weighted by atomic mass is 16.6. The van der Waals surface area contributed by atoms with Crippen molar-refractivity contribution < 1.29 is 43.7 Å². The molecule has 0 aromatic heterocycles. The van der Waals surface area contributed by atoms with Gasteiger partial charge in [0, 0.05) is 51.5 Å². The molecule has 36 heavy (non-hydrogen) atoms. The van der Waals surface area contributed by atoms with Crippen LogP contribution in [0.4, 0.5) is 5.69 Å². The Morgan fingerprint density at radius 1 is 1.03 bits per heavy atom. The molecule has 10 heteroatoms. The second-order valence-corrected chi connectivity index (χ2v) is 9.59. The highest BCUT2D eigenvalue weighted by molar-refractivity contribution is 6.25. The molecular weight excluding hydrogens is 470 g/mol. The van der Waals surface area contributed by atoms with Gasteiger partial charge in [-0.25, -0.2) is 0 Å². The van der Waals surface area contributed by atoms with Crippen molar-refractivity contribution in [2.24, 2.45) is 11.8 Å². The van der Waals surface area contributed by atoms with Crippen LogP contribution in [0, 0.1) is 11.8 Å². The molecule has 0 fully saturated rings. The van der Waals surface area contributed by atoms with Crippen LogP contribution in [-0.4, -0.2) is 59.2 Å². The number of ether oxygens (including phenoxy) is 2. The number of benzene rings is 1. The number of fused-ring (bicyclic) bond motifs is 3. The van der Waals surface area contributed by atoms with Gasteiger partial charge in [-0.05, 0) is 43.4 Å². The second kappa shape index (κ2) is 8.61. The average Bonchev–Trinajstić information content (AvgIpc) is 2.74. The minimum atomic E-state index is -2.29. The standard InChI is InChI=1S/C26H27NO9/c1-11(28)20-19(32)10-15-8-14-9-16-17(27(4)5)6-7-18(31)22(16)23(33)21(14)25(35-12(2)29)26(15,24(20)34)36-13(3)30/h6-7,14-15,31-32H,8-10H2,1-5H3/t14-,15+,26-/m1/s1. The summed E-state index contributed by atoms with van der Waals surface area (Å²) in [5.41, 5.74) is -1.63. The van der Waals surface area contributed by atoms with E-state index >= 15 is 0 Å². The molecule has 3 aliphatic rings. The molecule has 0 heterocycles. The van der Waals surface area contributed by atoms with E-state index in [2.05, 4.69) is 0 Å². The van der Waals surface area contributed by atoms with Crippen LogP contribution < -0.4 is 4.90 Å². The topological polar surface area (TPSA) is 148 Å². The number of hydrogen-bond acceptors (Lipinski definition) is 10. The molecule has 0 saturated heterocycles. The van der Waals surface area contributed by atoms with Gasteiger partial charge in [-0.2, -0.15) is 0 Å². The lowest BCUT2D eigenvalue weighted by Crippen LogP contribution is -2.59. The Hall–Kier alpha value is -3.95. The van der Waals surface area contributed by atoms with Crippen molar-refractivity contribution in [3.63, 3.8) is 0 Å². The van der Waals surface area contributed by atoms with Crippen LogP contribution in [-0.2, 0) is 35.1 Å². The number of esters is 2. The first-order chi connectivity index (χ1) is 16.8. The number of rotatable bonds is 4. The normalized spacial score (nSPS) is 25.0. The number of allylic oxidation sites excluding steroid dienone is 2. The number of Topliss-reactive ketones (excluding diaryl/α,β-unsaturated/α-hetero) is 3. The number of aromatic hydroxyl groups is 1. The van der Waals surface area contributed by atoms with Crippen LogP contribution in [0.15, 0.2) is 34.8 Å². The summed E-state index contributed by atoms with van der Waals surface area (Å²) in [7, 11) is 3.59. The van der Waals surface area contributed by atoms with E-state index in [1.165, 1.54) is 6.07 Å². The predicted molar refractivity (Wildman–Crippen MR) is 125 cm³/mol.